The molecule has 0 spiro atoms. The minimum atomic E-state index is 0.887. The van der Waals surface area contributed by atoms with Crippen molar-refractivity contribution < 1.29 is 0 Å². The number of hydrogen-bond acceptors (Lipinski definition) is 0. The Bertz CT molecular complexity index is 84.7. The van der Waals surface area contributed by atoms with E-state index in [4.69, 9.17) is 0 Å². The topological polar surface area (TPSA) is 0 Å². The monoisotopic (exact) mass is 252 g/mol. The van der Waals surface area contributed by atoms with Gasteiger partial charge in [-0.05, 0) is 12.3 Å². The van der Waals surface area contributed by atoms with Crippen LogP contribution in [0.2, 0.25) is 0 Å². The van der Waals surface area contributed by atoms with Crippen LogP contribution in [0.25, 0.3) is 0 Å². The fourth-order valence-electron chi connectivity index (χ4n) is 1.47. The summed E-state index contributed by atoms with van der Waals surface area (Å²) in [5, 5.41) is 0. The summed E-state index contributed by atoms with van der Waals surface area (Å²) in [7, 11) is 0. The Balaban J connectivity index is 1.85. The third-order valence-electron chi connectivity index (χ3n) is 2.44. The highest BCUT2D eigenvalue weighted by Crippen LogP contribution is 2.31. The first-order valence-electron chi connectivity index (χ1n) is 4.43. The Morgan fingerprint density at radius 2 is 2.20 bits per heavy atom. The molecule has 0 aromatic carbocycles. The summed E-state index contributed by atoms with van der Waals surface area (Å²) < 4.78 is 0.887. The van der Waals surface area contributed by atoms with Crippen LogP contribution in [0.4, 0.5) is 0 Å². The summed E-state index contributed by atoms with van der Waals surface area (Å²) in [6.07, 6.45) is 8.95. The molecule has 1 fully saturated rings. The van der Waals surface area contributed by atoms with E-state index in [-0.39, 0.29) is 0 Å². The fraction of sp³-hybridized carbons (Fsp3) is 1.00. The maximum atomic E-state index is 2.52. The second-order valence-corrected chi connectivity index (χ2v) is 5.64. The van der Waals surface area contributed by atoms with Gasteiger partial charge in [-0.1, -0.05) is 61.6 Å². The van der Waals surface area contributed by atoms with Crippen molar-refractivity contribution in [3.05, 3.63) is 0 Å². The zero-order valence-electron chi connectivity index (χ0n) is 6.78. The molecule has 1 aliphatic rings. The minimum absolute atomic E-state index is 0.887. The van der Waals surface area contributed by atoms with E-state index in [9.17, 15) is 0 Å². The molecule has 0 bridgehead atoms. The first kappa shape index (κ1) is 8.82. The van der Waals surface area contributed by atoms with Crippen molar-refractivity contribution in [2.45, 2.75) is 49.4 Å². The summed E-state index contributed by atoms with van der Waals surface area (Å²) in [5.41, 5.74) is 0. The van der Waals surface area contributed by atoms with Crippen LogP contribution in [-0.4, -0.2) is 3.92 Å². The molecule has 1 heteroatoms. The lowest BCUT2D eigenvalue weighted by molar-refractivity contribution is 0.288. The van der Waals surface area contributed by atoms with Gasteiger partial charge in [0.2, 0.25) is 0 Å². The first-order chi connectivity index (χ1) is 4.79. The second kappa shape index (κ2) is 4.58. The van der Waals surface area contributed by atoms with Gasteiger partial charge in [-0.25, -0.2) is 0 Å². The van der Waals surface area contributed by atoms with Crippen LogP contribution < -0.4 is 0 Å². The maximum absolute atomic E-state index is 2.52. The van der Waals surface area contributed by atoms with E-state index in [1.165, 1.54) is 38.5 Å². The van der Waals surface area contributed by atoms with Crippen LogP contribution in [0.3, 0.4) is 0 Å². The number of alkyl halides is 1. The summed E-state index contributed by atoms with van der Waals surface area (Å²) in [6, 6.07) is 0. The van der Waals surface area contributed by atoms with Gasteiger partial charge >= 0.3 is 0 Å². The van der Waals surface area contributed by atoms with Crippen LogP contribution in [0.5, 0.6) is 0 Å². The zero-order chi connectivity index (χ0) is 7.40. The van der Waals surface area contributed by atoms with E-state index in [2.05, 4.69) is 29.5 Å². The van der Waals surface area contributed by atoms with Gasteiger partial charge in [-0.3, -0.25) is 0 Å². The molecule has 1 rings (SSSR count). The lowest BCUT2D eigenvalue weighted by Crippen LogP contribution is -2.10. The highest BCUT2D eigenvalue weighted by molar-refractivity contribution is 14.1. The van der Waals surface area contributed by atoms with Crippen LogP contribution in [0.1, 0.15) is 45.4 Å². The molecule has 0 aromatic rings. The van der Waals surface area contributed by atoms with Crippen molar-refractivity contribution in [3.8, 4) is 0 Å². The van der Waals surface area contributed by atoms with Crippen molar-refractivity contribution >= 4 is 22.6 Å². The maximum Gasteiger partial charge on any atom is 0.00813 e. The first-order valence-corrected chi connectivity index (χ1v) is 5.67. The van der Waals surface area contributed by atoms with Crippen molar-refractivity contribution in [3.63, 3.8) is 0 Å². The molecular weight excluding hydrogens is 235 g/mol. The molecule has 1 atom stereocenters. The van der Waals surface area contributed by atoms with Crippen LogP contribution in [-0.2, 0) is 0 Å². The summed E-state index contributed by atoms with van der Waals surface area (Å²) in [4.78, 5) is 0. The number of rotatable bonds is 4. The van der Waals surface area contributed by atoms with Gasteiger partial charge in [-0.15, -0.1) is 0 Å². The Labute approximate surface area is 77.9 Å². The molecule has 60 valence electrons. The van der Waals surface area contributed by atoms with Gasteiger partial charge in [0.15, 0.2) is 0 Å². The third kappa shape index (κ3) is 3.22. The van der Waals surface area contributed by atoms with Gasteiger partial charge in [0.05, 0.1) is 0 Å². The van der Waals surface area contributed by atoms with Gasteiger partial charge in [0.25, 0.3) is 0 Å². The van der Waals surface area contributed by atoms with Crippen LogP contribution in [0.15, 0.2) is 0 Å². The molecule has 0 nitrogen and oxygen atoms in total. The Morgan fingerprint density at radius 1 is 1.50 bits per heavy atom. The second-order valence-electron chi connectivity index (χ2n) is 3.51. The van der Waals surface area contributed by atoms with Crippen LogP contribution in [0, 0.1) is 5.92 Å². The molecule has 0 heterocycles. The highest BCUT2D eigenvalue weighted by atomic mass is 127. The molecular formula is C9H17I. The average Bonchev–Trinajstić information content (AvgIpc) is 1.75. The smallest absolute Gasteiger partial charge is 0.00813 e. The van der Waals surface area contributed by atoms with E-state index in [1.54, 1.807) is 0 Å². The Kier molecular flexibility index (Phi) is 4.04. The molecule has 1 saturated carbocycles. The van der Waals surface area contributed by atoms with Crippen molar-refractivity contribution in [1.82, 2.24) is 0 Å². The highest BCUT2D eigenvalue weighted by Gasteiger charge is 2.16. The normalized spacial score (nSPS) is 22.2. The quantitative estimate of drug-likeness (QED) is 0.527. The lowest BCUT2D eigenvalue weighted by Gasteiger charge is -2.25. The number of halogens is 1. The molecule has 0 aromatic heterocycles. The summed E-state index contributed by atoms with van der Waals surface area (Å²) in [6.45, 7) is 2.31. The predicted molar refractivity (Wildman–Crippen MR) is 54.7 cm³/mol. The molecule has 0 radical (unpaired) electrons. The standard InChI is InChI=1S/C9H17I/c1-8(10)4-2-5-9-6-3-7-9/h8-9H,2-7H2,1H3. The van der Waals surface area contributed by atoms with E-state index in [1.807, 2.05) is 0 Å². The Morgan fingerprint density at radius 3 is 2.60 bits per heavy atom. The fourth-order valence-corrected chi connectivity index (χ4v) is 1.91. The summed E-state index contributed by atoms with van der Waals surface area (Å²) >= 11 is 2.52. The van der Waals surface area contributed by atoms with E-state index >= 15 is 0 Å². The van der Waals surface area contributed by atoms with Crippen molar-refractivity contribution in [2.24, 2.45) is 5.92 Å². The van der Waals surface area contributed by atoms with E-state index in [0.717, 1.165) is 9.84 Å². The van der Waals surface area contributed by atoms with Gasteiger partial charge < -0.3 is 0 Å². The largest absolute Gasteiger partial charge is 0.0829 e. The van der Waals surface area contributed by atoms with Crippen LogP contribution >= 0.6 is 22.6 Å². The molecule has 0 aliphatic heterocycles. The van der Waals surface area contributed by atoms with E-state index in [0.29, 0.717) is 0 Å². The van der Waals surface area contributed by atoms with Crippen molar-refractivity contribution in [1.29, 1.82) is 0 Å². The van der Waals surface area contributed by atoms with E-state index < -0.39 is 0 Å². The molecule has 10 heavy (non-hydrogen) atoms. The minimum Gasteiger partial charge on any atom is -0.0829 e. The average molecular weight is 252 g/mol. The zero-order valence-corrected chi connectivity index (χ0v) is 8.93. The molecule has 0 amide bonds. The van der Waals surface area contributed by atoms with Gasteiger partial charge in [0.1, 0.15) is 0 Å². The third-order valence-corrected chi connectivity index (χ3v) is 3.06. The molecule has 1 aliphatic carbocycles. The predicted octanol–water partition coefficient (Wildman–Crippen LogP) is 3.78. The summed E-state index contributed by atoms with van der Waals surface area (Å²) in [5.74, 6) is 1.12. The van der Waals surface area contributed by atoms with Gasteiger partial charge in [0, 0.05) is 3.92 Å². The number of hydrogen-bond donors (Lipinski definition) is 0. The molecule has 1 unspecified atom stereocenters. The van der Waals surface area contributed by atoms with Gasteiger partial charge in [-0.2, -0.15) is 0 Å². The lowest BCUT2D eigenvalue weighted by atomic mass is 9.82. The van der Waals surface area contributed by atoms with Crippen molar-refractivity contribution in [2.75, 3.05) is 0 Å². The Hall–Kier alpha value is 0.730. The SMILES string of the molecule is CC(I)CCCC1CCC1. The molecule has 0 saturated heterocycles. The molecule has 0 N–H and O–H groups in total.